The van der Waals surface area contributed by atoms with Gasteiger partial charge in [0, 0.05) is 24.0 Å². The highest BCUT2D eigenvalue weighted by atomic mass is 32.1. The molecule has 1 aromatic heterocycles. The van der Waals surface area contributed by atoms with Crippen molar-refractivity contribution in [2.24, 2.45) is 0 Å². The summed E-state index contributed by atoms with van der Waals surface area (Å²) in [6.45, 7) is 1.84. The number of thiophene rings is 1. The SMILES string of the molecule is CNCC1CCCN1C(=O)c1cc2c(s1)CCCC2. The molecule has 1 aliphatic carbocycles. The zero-order valence-electron chi connectivity index (χ0n) is 11.6. The van der Waals surface area contributed by atoms with Crippen LogP contribution in [0.4, 0.5) is 0 Å². The van der Waals surface area contributed by atoms with E-state index in [0.29, 0.717) is 6.04 Å². The summed E-state index contributed by atoms with van der Waals surface area (Å²) in [6.07, 6.45) is 7.18. The third-order valence-corrected chi connectivity index (χ3v) is 5.51. The summed E-state index contributed by atoms with van der Waals surface area (Å²) in [5, 5.41) is 3.20. The van der Waals surface area contributed by atoms with Crippen molar-refractivity contribution in [3.63, 3.8) is 0 Å². The maximum atomic E-state index is 12.7. The lowest BCUT2D eigenvalue weighted by molar-refractivity contribution is 0.0742. The number of aryl methyl sites for hydroxylation is 2. The lowest BCUT2D eigenvalue weighted by Crippen LogP contribution is -2.40. The quantitative estimate of drug-likeness (QED) is 0.921. The molecule has 19 heavy (non-hydrogen) atoms. The van der Waals surface area contributed by atoms with E-state index in [1.54, 1.807) is 11.3 Å². The number of fused-ring (bicyclic) bond motifs is 1. The molecule has 4 heteroatoms. The molecule has 1 aliphatic heterocycles. The van der Waals surface area contributed by atoms with Crippen LogP contribution in [0, 0.1) is 0 Å². The summed E-state index contributed by atoms with van der Waals surface area (Å²) in [4.78, 5) is 17.2. The van der Waals surface area contributed by atoms with Crippen molar-refractivity contribution < 1.29 is 4.79 Å². The fourth-order valence-corrected chi connectivity index (χ4v) is 4.50. The number of carbonyl (C=O) groups excluding carboxylic acids is 1. The standard InChI is InChI=1S/C15H22N2OS/c1-16-10-12-6-4-8-17(12)15(18)14-9-11-5-2-3-7-13(11)19-14/h9,12,16H,2-8,10H2,1H3. The van der Waals surface area contributed by atoms with Crippen molar-refractivity contribution in [2.45, 2.75) is 44.6 Å². The van der Waals surface area contributed by atoms with E-state index in [1.165, 1.54) is 36.1 Å². The highest BCUT2D eigenvalue weighted by Crippen LogP contribution is 2.31. The van der Waals surface area contributed by atoms with Crippen LogP contribution < -0.4 is 5.32 Å². The summed E-state index contributed by atoms with van der Waals surface area (Å²) >= 11 is 1.74. The molecule has 3 nitrogen and oxygen atoms in total. The van der Waals surface area contributed by atoms with Crippen LogP contribution in [0.25, 0.3) is 0 Å². The molecule has 1 N–H and O–H groups in total. The minimum Gasteiger partial charge on any atom is -0.334 e. The molecular weight excluding hydrogens is 256 g/mol. The highest BCUT2D eigenvalue weighted by Gasteiger charge is 2.30. The van der Waals surface area contributed by atoms with Gasteiger partial charge in [-0.15, -0.1) is 11.3 Å². The second-order valence-electron chi connectivity index (χ2n) is 5.62. The normalized spacial score (nSPS) is 22.6. The van der Waals surface area contributed by atoms with Crippen molar-refractivity contribution in [1.82, 2.24) is 10.2 Å². The Kier molecular flexibility index (Phi) is 3.89. The average Bonchev–Trinajstić information content (AvgIpc) is 3.04. The molecule has 0 aromatic carbocycles. The van der Waals surface area contributed by atoms with Gasteiger partial charge in [-0.2, -0.15) is 0 Å². The number of nitrogens with zero attached hydrogens (tertiary/aromatic N) is 1. The molecule has 0 spiro atoms. The summed E-state index contributed by atoms with van der Waals surface area (Å²) in [7, 11) is 1.96. The molecule has 1 fully saturated rings. The summed E-state index contributed by atoms with van der Waals surface area (Å²) in [5.74, 6) is 0.261. The summed E-state index contributed by atoms with van der Waals surface area (Å²) in [6, 6.07) is 2.55. The van der Waals surface area contributed by atoms with Gasteiger partial charge >= 0.3 is 0 Å². The van der Waals surface area contributed by atoms with E-state index >= 15 is 0 Å². The third kappa shape index (κ3) is 2.56. The average molecular weight is 278 g/mol. The van der Waals surface area contributed by atoms with Crippen molar-refractivity contribution in [3.8, 4) is 0 Å². The van der Waals surface area contributed by atoms with Gasteiger partial charge in [0.05, 0.1) is 4.88 Å². The first-order chi connectivity index (χ1) is 9.29. The fraction of sp³-hybridized carbons (Fsp3) is 0.667. The van der Waals surface area contributed by atoms with Gasteiger partial charge in [-0.1, -0.05) is 0 Å². The van der Waals surface area contributed by atoms with Gasteiger partial charge < -0.3 is 10.2 Å². The summed E-state index contributed by atoms with van der Waals surface area (Å²) in [5.41, 5.74) is 1.43. The number of nitrogens with one attached hydrogen (secondary N) is 1. The number of carbonyl (C=O) groups is 1. The predicted octanol–water partition coefficient (Wildman–Crippen LogP) is 2.45. The fourth-order valence-electron chi connectivity index (χ4n) is 3.29. The number of amides is 1. The number of hydrogen-bond donors (Lipinski definition) is 1. The van der Waals surface area contributed by atoms with Gasteiger partial charge in [-0.3, -0.25) is 4.79 Å². The first-order valence-corrected chi connectivity index (χ1v) is 8.18. The van der Waals surface area contributed by atoms with Crippen LogP contribution in [0.5, 0.6) is 0 Å². The molecule has 1 atom stereocenters. The Morgan fingerprint density at radius 1 is 1.42 bits per heavy atom. The Morgan fingerprint density at radius 3 is 3.05 bits per heavy atom. The Balaban J connectivity index is 1.77. The van der Waals surface area contributed by atoms with Gasteiger partial charge in [0.15, 0.2) is 0 Å². The predicted molar refractivity (Wildman–Crippen MR) is 78.9 cm³/mol. The van der Waals surface area contributed by atoms with E-state index in [0.717, 1.165) is 30.8 Å². The van der Waals surface area contributed by atoms with Crippen LogP contribution in [0.15, 0.2) is 6.07 Å². The molecule has 104 valence electrons. The van der Waals surface area contributed by atoms with Crippen molar-refractivity contribution in [2.75, 3.05) is 20.1 Å². The number of hydrogen-bond acceptors (Lipinski definition) is 3. The minimum absolute atomic E-state index is 0.261. The topological polar surface area (TPSA) is 32.3 Å². The monoisotopic (exact) mass is 278 g/mol. The number of likely N-dealkylation sites (tertiary alicyclic amines) is 1. The number of likely N-dealkylation sites (N-methyl/N-ethyl adjacent to an activating group) is 1. The molecule has 2 heterocycles. The molecular formula is C15H22N2OS. The van der Waals surface area contributed by atoms with Crippen LogP contribution in [-0.2, 0) is 12.8 Å². The molecule has 0 bridgehead atoms. The Hall–Kier alpha value is -0.870. The Morgan fingerprint density at radius 2 is 2.26 bits per heavy atom. The molecule has 1 amide bonds. The Bertz CT molecular complexity index is 445. The van der Waals surface area contributed by atoms with E-state index in [4.69, 9.17) is 0 Å². The first kappa shape index (κ1) is 13.1. The molecule has 1 saturated heterocycles. The maximum Gasteiger partial charge on any atom is 0.264 e. The molecule has 1 aromatic rings. The van der Waals surface area contributed by atoms with Gasteiger partial charge in [-0.25, -0.2) is 0 Å². The van der Waals surface area contributed by atoms with Gasteiger partial charge in [-0.05, 0) is 57.2 Å². The van der Waals surface area contributed by atoms with Crippen LogP contribution in [-0.4, -0.2) is 37.0 Å². The van der Waals surface area contributed by atoms with E-state index in [1.807, 2.05) is 7.05 Å². The Labute approximate surface area is 119 Å². The molecule has 0 radical (unpaired) electrons. The van der Waals surface area contributed by atoms with Crippen molar-refractivity contribution in [3.05, 3.63) is 21.4 Å². The van der Waals surface area contributed by atoms with Crippen LogP contribution in [0.2, 0.25) is 0 Å². The van der Waals surface area contributed by atoms with E-state index in [9.17, 15) is 4.79 Å². The van der Waals surface area contributed by atoms with E-state index in [2.05, 4.69) is 16.3 Å². The van der Waals surface area contributed by atoms with Gasteiger partial charge in [0.25, 0.3) is 5.91 Å². The second-order valence-corrected chi connectivity index (χ2v) is 6.76. The van der Waals surface area contributed by atoms with E-state index < -0.39 is 0 Å². The highest BCUT2D eigenvalue weighted by molar-refractivity contribution is 7.14. The second kappa shape index (κ2) is 5.63. The zero-order valence-corrected chi connectivity index (χ0v) is 12.4. The third-order valence-electron chi connectivity index (χ3n) is 4.29. The lowest BCUT2D eigenvalue weighted by atomic mass is 9.99. The number of rotatable bonds is 3. The molecule has 2 aliphatic rings. The summed E-state index contributed by atoms with van der Waals surface area (Å²) < 4.78 is 0. The van der Waals surface area contributed by atoms with Crippen LogP contribution in [0.3, 0.4) is 0 Å². The minimum atomic E-state index is 0.261. The van der Waals surface area contributed by atoms with Gasteiger partial charge in [0.2, 0.25) is 0 Å². The van der Waals surface area contributed by atoms with E-state index in [-0.39, 0.29) is 5.91 Å². The molecule has 3 rings (SSSR count). The van der Waals surface area contributed by atoms with Gasteiger partial charge in [0.1, 0.15) is 0 Å². The maximum absolute atomic E-state index is 12.7. The van der Waals surface area contributed by atoms with Crippen LogP contribution in [0.1, 0.15) is 45.8 Å². The first-order valence-electron chi connectivity index (χ1n) is 7.36. The zero-order chi connectivity index (χ0) is 13.2. The smallest absolute Gasteiger partial charge is 0.264 e. The van der Waals surface area contributed by atoms with Crippen molar-refractivity contribution in [1.29, 1.82) is 0 Å². The lowest BCUT2D eigenvalue weighted by Gasteiger charge is -2.23. The molecule has 0 saturated carbocycles. The van der Waals surface area contributed by atoms with Crippen molar-refractivity contribution >= 4 is 17.2 Å². The molecule has 1 unspecified atom stereocenters. The largest absolute Gasteiger partial charge is 0.334 e. The van der Waals surface area contributed by atoms with Crippen LogP contribution >= 0.6 is 11.3 Å².